The first-order chi connectivity index (χ1) is 13.5. The first-order valence-electron chi connectivity index (χ1n) is 8.92. The Balaban J connectivity index is 1.63. The van der Waals surface area contributed by atoms with Gasteiger partial charge in [0.1, 0.15) is 0 Å². The Hall–Kier alpha value is -3.79. The maximum atomic E-state index is 12.9. The van der Waals surface area contributed by atoms with E-state index < -0.39 is 0 Å². The third-order valence-electron chi connectivity index (χ3n) is 4.71. The number of hydrogen-bond acceptors (Lipinski definition) is 3. The van der Waals surface area contributed by atoms with Crippen LogP contribution in [-0.2, 0) is 4.79 Å². The average molecular weight is 367 g/mol. The summed E-state index contributed by atoms with van der Waals surface area (Å²) in [5, 5.41) is 2.73. The average Bonchev–Trinajstić information content (AvgIpc) is 2.71. The van der Waals surface area contributed by atoms with Crippen LogP contribution < -0.4 is 5.32 Å². The number of anilines is 1. The number of aryl methyl sites for hydroxylation is 1. The van der Waals surface area contributed by atoms with Gasteiger partial charge in [0, 0.05) is 22.8 Å². The molecule has 0 aromatic heterocycles. The molecule has 0 radical (unpaired) electrons. The van der Waals surface area contributed by atoms with Gasteiger partial charge in [-0.2, -0.15) is 0 Å². The predicted octanol–water partition coefficient (Wildman–Crippen LogP) is 4.42. The minimum Gasteiger partial charge on any atom is -0.322 e. The molecule has 0 unspecified atom stereocenters. The van der Waals surface area contributed by atoms with Crippen LogP contribution in [0.25, 0.3) is 6.08 Å². The third-order valence-corrected chi connectivity index (χ3v) is 4.71. The van der Waals surface area contributed by atoms with Crippen LogP contribution >= 0.6 is 0 Å². The first kappa shape index (κ1) is 17.6. The van der Waals surface area contributed by atoms with Gasteiger partial charge in [0.25, 0.3) is 0 Å². The summed E-state index contributed by atoms with van der Waals surface area (Å²) in [5.41, 5.74) is 3.67. The van der Waals surface area contributed by atoms with Crippen LogP contribution in [0, 0.1) is 6.92 Å². The molecule has 0 aliphatic heterocycles. The second kappa shape index (κ2) is 7.08. The molecule has 4 nitrogen and oxygen atoms in total. The van der Waals surface area contributed by atoms with Crippen LogP contribution in [0.4, 0.5) is 5.69 Å². The topological polar surface area (TPSA) is 63.2 Å². The molecule has 4 heteroatoms. The SMILES string of the molecule is Cc1ccc(/C=C\C(=O)Nc2cccc3c2C(=O)c2ccccc2C3=O)cc1. The summed E-state index contributed by atoms with van der Waals surface area (Å²) in [5.74, 6) is -0.840. The van der Waals surface area contributed by atoms with Crippen molar-refractivity contribution in [3.63, 3.8) is 0 Å². The number of ketones is 2. The molecule has 136 valence electrons. The zero-order chi connectivity index (χ0) is 19.7. The van der Waals surface area contributed by atoms with Gasteiger partial charge >= 0.3 is 0 Å². The molecule has 3 aromatic carbocycles. The van der Waals surface area contributed by atoms with Crippen LogP contribution in [0.3, 0.4) is 0 Å². The van der Waals surface area contributed by atoms with Gasteiger partial charge < -0.3 is 5.32 Å². The van der Waals surface area contributed by atoms with Gasteiger partial charge in [-0.25, -0.2) is 0 Å². The summed E-state index contributed by atoms with van der Waals surface area (Å²) in [4.78, 5) is 38.1. The van der Waals surface area contributed by atoms with E-state index in [1.165, 1.54) is 6.08 Å². The lowest BCUT2D eigenvalue weighted by Gasteiger charge is -2.20. The first-order valence-corrected chi connectivity index (χ1v) is 8.92. The van der Waals surface area contributed by atoms with Crippen LogP contribution in [0.2, 0.25) is 0 Å². The Morgan fingerprint density at radius 3 is 2.14 bits per heavy atom. The molecule has 0 spiro atoms. The summed E-state index contributed by atoms with van der Waals surface area (Å²) >= 11 is 0. The highest BCUT2D eigenvalue weighted by atomic mass is 16.2. The third kappa shape index (κ3) is 3.16. The fourth-order valence-electron chi connectivity index (χ4n) is 3.27. The molecular weight excluding hydrogens is 350 g/mol. The van der Waals surface area contributed by atoms with Gasteiger partial charge in [-0.1, -0.05) is 66.2 Å². The van der Waals surface area contributed by atoms with E-state index in [1.54, 1.807) is 48.5 Å². The number of rotatable bonds is 3. The monoisotopic (exact) mass is 367 g/mol. The molecular formula is C24H17NO3. The van der Waals surface area contributed by atoms with E-state index in [0.717, 1.165) is 11.1 Å². The number of carbonyl (C=O) groups excluding carboxylic acids is 3. The molecule has 1 aliphatic carbocycles. The normalized spacial score (nSPS) is 12.6. The van der Waals surface area contributed by atoms with Crippen molar-refractivity contribution in [2.75, 3.05) is 5.32 Å². The Morgan fingerprint density at radius 1 is 0.786 bits per heavy atom. The number of benzene rings is 3. The quantitative estimate of drug-likeness (QED) is 0.545. The van der Waals surface area contributed by atoms with Crippen molar-refractivity contribution in [1.29, 1.82) is 0 Å². The number of nitrogens with one attached hydrogen (secondary N) is 1. The van der Waals surface area contributed by atoms with Crippen molar-refractivity contribution in [1.82, 2.24) is 0 Å². The molecule has 0 heterocycles. The molecule has 0 atom stereocenters. The van der Waals surface area contributed by atoms with Gasteiger partial charge in [0.15, 0.2) is 11.6 Å². The van der Waals surface area contributed by atoms with Crippen molar-refractivity contribution >= 4 is 29.2 Å². The smallest absolute Gasteiger partial charge is 0.248 e. The summed E-state index contributed by atoms with van der Waals surface area (Å²) in [6, 6.07) is 19.4. The van der Waals surface area contributed by atoms with Gasteiger partial charge in [0.05, 0.1) is 11.3 Å². The summed E-state index contributed by atoms with van der Waals surface area (Å²) in [6.45, 7) is 2.00. The van der Waals surface area contributed by atoms with Crippen molar-refractivity contribution in [3.05, 3.63) is 106 Å². The number of amides is 1. The molecule has 3 aromatic rings. The standard InChI is InChI=1S/C24H17NO3/c1-15-9-11-16(12-10-15)13-14-21(26)25-20-8-4-7-19-22(20)24(28)18-6-3-2-5-17(18)23(19)27/h2-14H,1H3,(H,25,26)/b14-13-. The van der Waals surface area contributed by atoms with Crippen molar-refractivity contribution in [2.24, 2.45) is 0 Å². The highest BCUT2D eigenvalue weighted by molar-refractivity contribution is 6.30. The van der Waals surface area contributed by atoms with Gasteiger partial charge in [-0.3, -0.25) is 14.4 Å². The van der Waals surface area contributed by atoms with E-state index in [4.69, 9.17) is 0 Å². The Kier molecular flexibility index (Phi) is 4.45. The van der Waals surface area contributed by atoms with E-state index in [1.807, 2.05) is 31.2 Å². The number of carbonyl (C=O) groups is 3. The molecule has 4 rings (SSSR count). The van der Waals surface area contributed by atoms with E-state index in [2.05, 4.69) is 5.32 Å². The highest BCUT2D eigenvalue weighted by Crippen LogP contribution is 2.31. The van der Waals surface area contributed by atoms with E-state index >= 15 is 0 Å². The minimum atomic E-state index is -0.368. The zero-order valence-corrected chi connectivity index (χ0v) is 15.2. The molecule has 0 saturated heterocycles. The molecule has 1 amide bonds. The lowest BCUT2D eigenvalue weighted by Crippen LogP contribution is -2.23. The van der Waals surface area contributed by atoms with Crippen LogP contribution in [0.15, 0.2) is 72.8 Å². The van der Waals surface area contributed by atoms with Gasteiger partial charge in [-0.15, -0.1) is 0 Å². The maximum Gasteiger partial charge on any atom is 0.248 e. The molecule has 0 bridgehead atoms. The zero-order valence-electron chi connectivity index (χ0n) is 15.2. The Morgan fingerprint density at radius 2 is 1.43 bits per heavy atom. The highest BCUT2D eigenvalue weighted by Gasteiger charge is 2.31. The molecule has 1 N–H and O–H groups in total. The Labute approximate surface area is 162 Å². The van der Waals surface area contributed by atoms with Gasteiger partial charge in [0.2, 0.25) is 5.91 Å². The fourth-order valence-corrected chi connectivity index (χ4v) is 3.27. The lowest BCUT2D eigenvalue weighted by atomic mass is 9.83. The minimum absolute atomic E-state index is 0.212. The Bertz CT molecular complexity index is 1140. The lowest BCUT2D eigenvalue weighted by molar-refractivity contribution is -0.111. The van der Waals surface area contributed by atoms with Crippen LogP contribution in [-0.4, -0.2) is 17.5 Å². The van der Waals surface area contributed by atoms with E-state index in [0.29, 0.717) is 22.4 Å². The molecule has 0 saturated carbocycles. The fraction of sp³-hybridized carbons (Fsp3) is 0.0417. The van der Waals surface area contributed by atoms with Crippen molar-refractivity contribution < 1.29 is 14.4 Å². The molecule has 1 aliphatic rings. The predicted molar refractivity (Wildman–Crippen MR) is 109 cm³/mol. The van der Waals surface area contributed by atoms with Crippen molar-refractivity contribution in [3.8, 4) is 0 Å². The molecule has 28 heavy (non-hydrogen) atoms. The summed E-state index contributed by atoms with van der Waals surface area (Å²) in [6.07, 6.45) is 3.11. The molecule has 0 fully saturated rings. The van der Waals surface area contributed by atoms with Crippen molar-refractivity contribution in [2.45, 2.75) is 6.92 Å². The number of hydrogen-bond donors (Lipinski definition) is 1. The van der Waals surface area contributed by atoms with Gasteiger partial charge in [-0.05, 0) is 24.6 Å². The second-order valence-corrected chi connectivity index (χ2v) is 6.67. The second-order valence-electron chi connectivity index (χ2n) is 6.67. The van der Waals surface area contributed by atoms with E-state index in [9.17, 15) is 14.4 Å². The van der Waals surface area contributed by atoms with Crippen LogP contribution in [0.1, 0.15) is 43.0 Å². The maximum absolute atomic E-state index is 12.9. The van der Waals surface area contributed by atoms with Crippen LogP contribution in [0.5, 0.6) is 0 Å². The summed E-state index contributed by atoms with van der Waals surface area (Å²) < 4.78 is 0. The summed E-state index contributed by atoms with van der Waals surface area (Å²) in [7, 11) is 0. The number of fused-ring (bicyclic) bond motifs is 2. The van der Waals surface area contributed by atoms with E-state index in [-0.39, 0.29) is 23.0 Å². The largest absolute Gasteiger partial charge is 0.322 e.